The Morgan fingerprint density at radius 2 is 2.25 bits per heavy atom. The standard InChI is InChI=1S/C18H22ClN3O2/c1-4-22-17(19)16(11(3)21-22)18(23)20-14-10-9-13-12(14)7-6-8-15(13)24-5-2/h6-8,14H,4-5,9-10H2,1-3H3,(H,20,23). The summed E-state index contributed by atoms with van der Waals surface area (Å²) in [6.07, 6.45) is 1.77. The number of hydrogen-bond acceptors (Lipinski definition) is 3. The van der Waals surface area contributed by atoms with E-state index in [0.717, 1.165) is 24.2 Å². The maximum Gasteiger partial charge on any atom is 0.256 e. The summed E-state index contributed by atoms with van der Waals surface area (Å²) >= 11 is 6.30. The Morgan fingerprint density at radius 3 is 2.92 bits per heavy atom. The van der Waals surface area contributed by atoms with E-state index in [-0.39, 0.29) is 11.9 Å². The number of benzene rings is 1. The Labute approximate surface area is 147 Å². The molecule has 0 aliphatic heterocycles. The van der Waals surface area contributed by atoms with Gasteiger partial charge >= 0.3 is 0 Å². The molecule has 5 nitrogen and oxygen atoms in total. The van der Waals surface area contributed by atoms with Crippen molar-refractivity contribution in [1.82, 2.24) is 15.1 Å². The van der Waals surface area contributed by atoms with E-state index in [9.17, 15) is 4.79 Å². The number of halogens is 1. The number of nitrogens with zero attached hydrogens (tertiary/aromatic N) is 2. The van der Waals surface area contributed by atoms with Crippen molar-refractivity contribution in [2.45, 2.75) is 46.2 Å². The second-order valence-electron chi connectivity index (χ2n) is 5.89. The summed E-state index contributed by atoms with van der Waals surface area (Å²) in [4.78, 5) is 12.7. The Kier molecular flexibility index (Phi) is 4.81. The first-order valence-electron chi connectivity index (χ1n) is 8.35. The first-order valence-corrected chi connectivity index (χ1v) is 8.72. The lowest BCUT2D eigenvalue weighted by Gasteiger charge is -2.15. The number of aromatic nitrogens is 2. The Morgan fingerprint density at radius 1 is 1.46 bits per heavy atom. The molecule has 0 saturated carbocycles. The van der Waals surface area contributed by atoms with Crippen LogP contribution in [-0.2, 0) is 13.0 Å². The smallest absolute Gasteiger partial charge is 0.256 e. The van der Waals surface area contributed by atoms with E-state index in [1.165, 1.54) is 5.56 Å². The van der Waals surface area contributed by atoms with E-state index in [2.05, 4.69) is 16.5 Å². The zero-order valence-electron chi connectivity index (χ0n) is 14.2. The van der Waals surface area contributed by atoms with Crippen LogP contribution in [0.1, 0.15) is 53.5 Å². The zero-order chi connectivity index (χ0) is 17.3. The summed E-state index contributed by atoms with van der Waals surface area (Å²) in [5.74, 6) is 0.747. The van der Waals surface area contributed by atoms with Gasteiger partial charge in [0, 0.05) is 6.54 Å². The topological polar surface area (TPSA) is 56.1 Å². The quantitative estimate of drug-likeness (QED) is 0.897. The molecule has 128 valence electrons. The fourth-order valence-corrected chi connectivity index (χ4v) is 3.69. The summed E-state index contributed by atoms with van der Waals surface area (Å²) < 4.78 is 7.34. The lowest BCUT2D eigenvalue weighted by atomic mass is 10.1. The van der Waals surface area contributed by atoms with Gasteiger partial charge in [0.2, 0.25) is 0 Å². The van der Waals surface area contributed by atoms with Gasteiger partial charge in [-0.1, -0.05) is 23.7 Å². The van der Waals surface area contributed by atoms with Crippen LogP contribution in [0.2, 0.25) is 5.15 Å². The van der Waals surface area contributed by atoms with Crippen molar-refractivity contribution >= 4 is 17.5 Å². The second kappa shape index (κ2) is 6.85. The highest BCUT2D eigenvalue weighted by atomic mass is 35.5. The Balaban J connectivity index is 1.83. The van der Waals surface area contributed by atoms with E-state index in [0.29, 0.717) is 29.6 Å². The van der Waals surface area contributed by atoms with Crippen LogP contribution in [0.4, 0.5) is 0 Å². The molecule has 1 unspecified atom stereocenters. The van der Waals surface area contributed by atoms with Gasteiger partial charge in [-0.15, -0.1) is 0 Å². The van der Waals surface area contributed by atoms with Crippen LogP contribution >= 0.6 is 11.6 Å². The minimum atomic E-state index is -0.170. The number of fused-ring (bicyclic) bond motifs is 1. The molecule has 0 spiro atoms. The third kappa shape index (κ3) is 2.88. The first-order chi connectivity index (χ1) is 11.6. The molecule has 6 heteroatoms. The monoisotopic (exact) mass is 347 g/mol. The Bertz CT molecular complexity index is 770. The SMILES string of the molecule is CCOc1cccc2c1CCC2NC(=O)c1c(C)nn(CC)c1Cl. The van der Waals surface area contributed by atoms with Crippen molar-refractivity contribution in [1.29, 1.82) is 0 Å². The predicted molar refractivity (Wildman–Crippen MR) is 93.8 cm³/mol. The van der Waals surface area contributed by atoms with E-state index in [4.69, 9.17) is 16.3 Å². The number of nitrogens with one attached hydrogen (secondary N) is 1. The number of carbonyl (C=O) groups excluding carboxylic acids is 1. The zero-order valence-corrected chi connectivity index (χ0v) is 15.0. The number of carbonyl (C=O) groups is 1. The predicted octanol–water partition coefficient (Wildman–Crippen LogP) is 3.68. The van der Waals surface area contributed by atoms with E-state index < -0.39 is 0 Å². The number of hydrogen-bond donors (Lipinski definition) is 1. The van der Waals surface area contributed by atoms with Crippen LogP contribution < -0.4 is 10.1 Å². The van der Waals surface area contributed by atoms with Crippen LogP contribution in [0, 0.1) is 6.92 Å². The molecule has 0 bridgehead atoms. The average molecular weight is 348 g/mol. The minimum absolute atomic E-state index is 0.0200. The molecule has 24 heavy (non-hydrogen) atoms. The van der Waals surface area contributed by atoms with Crippen molar-refractivity contribution in [3.63, 3.8) is 0 Å². The lowest BCUT2D eigenvalue weighted by Crippen LogP contribution is -2.27. The average Bonchev–Trinajstić information content (AvgIpc) is 3.09. The van der Waals surface area contributed by atoms with Gasteiger partial charge in [0.25, 0.3) is 5.91 Å². The second-order valence-corrected chi connectivity index (χ2v) is 6.25. The number of ether oxygens (including phenoxy) is 1. The van der Waals surface area contributed by atoms with Gasteiger partial charge in [-0.3, -0.25) is 9.48 Å². The maximum absolute atomic E-state index is 12.7. The summed E-state index contributed by atoms with van der Waals surface area (Å²) in [6, 6.07) is 5.99. The van der Waals surface area contributed by atoms with Crippen molar-refractivity contribution in [3.8, 4) is 5.75 Å². The van der Waals surface area contributed by atoms with Gasteiger partial charge in [0.1, 0.15) is 10.9 Å². The first kappa shape index (κ1) is 16.8. The molecule has 1 aliphatic carbocycles. The van der Waals surface area contributed by atoms with Crippen molar-refractivity contribution < 1.29 is 9.53 Å². The maximum atomic E-state index is 12.7. The lowest BCUT2D eigenvalue weighted by molar-refractivity contribution is 0.0936. The fraction of sp³-hybridized carbons (Fsp3) is 0.444. The number of aryl methyl sites for hydroxylation is 2. The van der Waals surface area contributed by atoms with Crippen molar-refractivity contribution in [3.05, 3.63) is 45.7 Å². The molecular weight excluding hydrogens is 326 g/mol. The van der Waals surface area contributed by atoms with Crippen LogP contribution in [0.15, 0.2) is 18.2 Å². The van der Waals surface area contributed by atoms with Crippen LogP contribution in [0.25, 0.3) is 0 Å². The molecule has 0 fully saturated rings. The molecule has 1 aliphatic rings. The van der Waals surface area contributed by atoms with Crippen LogP contribution in [0.3, 0.4) is 0 Å². The number of amides is 1. The van der Waals surface area contributed by atoms with Crippen molar-refractivity contribution in [2.24, 2.45) is 0 Å². The summed E-state index contributed by atoms with van der Waals surface area (Å²) in [7, 11) is 0. The highest BCUT2D eigenvalue weighted by Gasteiger charge is 2.29. The molecule has 2 aromatic rings. The Hall–Kier alpha value is -2.01. The summed E-state index contributed by atoms with van der Waals surface area (Å²) in [5.41, 5.74) is 3.44. The highest BCUT2D eigenvalue weighted by molar-refractivity contribution is 6.33. The van der Waals surface area contributed by atoms with Gasteiger partial charge in [-0.25, -0.2) is 0 Å². The molecule has 1 N–H and O–H groups in total. The summed E-state index contributed by atoms with van der Waals surface area (Å²) in [5, 5.41) is 7.82. The number of rotatable bonds is 5. The molecule has 3 rings (SSSR count). The third-order valence-corrected chi connectivity index (χ3v) is 4.81. The molecule has 1 atom stereocenters. The minimum Gasteiger partial charge on any atom is -0.494 e. The van der Waals surface area contributed by atoms with Crippen LogP contribution in [-0.4, -0.2) is 22.3 Å². The van der Waals surface area contributed by atoms with Gasteiger partial charge in [0.05, 0.1) is 23.9 Å². The van der Waals surface area contributed by atoms with Gasteiger partial charge in [-0.05, 0) is 50.8 Å². The van der Waals surface area contributed by atoms with Gasteiger partial charge in [-0.2, -0.15) is 5.10 Å². The molecular formula is C18H22ClN3O2. The molecule has 1 aromatic heterocycles. The normalized spacial score (nSPS) is 16.1. The summed E-state index contributed by atoms with van der Waals surface area (Å²) in [6.45, 7) is 7.00. The fourth-order valence-electron chi connectivity index (χ4n) is 3.31. The van der Waals surface area contributed by atoms with E-state index >= 15 is 0 Å². The molecule has 0 radical (unpaired) electrons. The van der Waals surface area contributed by atoms with Gasteiger partial charge < -0.3 is 10.1 Å². The largest absolute Gasteiger partial charge is 0.494 e. The van der Waals surface area contributed by atoms with Gasteiger partial charge in [0.15, 0.2) is 0 Å². The highest BCUT2D eigenvalue weighted by Crippen LogP contribution is 2.37. The molecule has 0 saturated heterocycles. The molecule has 1 aromatic carbocycles. The van der Waals surface area contributed by atoms with E-state index in [1.807, 2.05) is 32.9 Å². The molecule has 1 heterocycles. The van der Waals surface area contributed by atoms with Crippen molar-refractivity contribution in [2.75, 3.05) is 6.61 Å². The van der Waals surface area contributed by atoms with E-state index in [1.54, 1.807) is 4.68 Å². The van der Waals surface area contributed by atoms with Crippen LogP contribution in [0.5, 0.6) is 5.75 Å². The molecule has 1 amide bonds. The third-order valence-electron chi connectivity index (χ3n) is 4.42.